The number of nitrogens with zero attached hydrogens (tertiary/aromatic N) is 2. The summed E-state index contributed by atoms with van der Waals surface area (Å²) >= 11 is 0. The fraction of sp³-hybridized carbons (Fsp3) is 0.381. The Kier molecular flexibility index (Phi) is 5.40. The fourth-order valence-corrected chi connectivity index (χ4v) is 5.43. The summed E-state index contributed by atoms with van der Waals surface area (Å²) in [5, 5.41) is 0. The molecule has 1 unspecified atom stereocenters. The first-order valence-electron chi connectivity index (χ1n) is 9.19. The van der Waals surface area contributed by atoms with E-state index < -0.39 is 10.0 Å². The van der Waals surface area contributed by atoms with E-state index in [-0.39, 0.29) is 12.0 Å². The average molecular weight is 386 g/mol. The van der Waals surface area contributed by atoms with Gasteiger partial charge in [0, 0.05) is 12.6 Å². The fourth-order valence-electron chi connectivity index (χ4n) is 3.60. The quantitative estimate of drug-likeness (QED) is 0.698. The highest BCUT2D eigenvalue weighted by Gasteiger charge is 2.26. The van der Waals surface area contributed by atoms with Gasteiger partial charge in [0.25, 0.3) is 0 Å². The number of aryl methyl sites for hydroxylation is 3. The molecule has 144 valence electrons. The van der Waals surface area contributed by atoms with Gasteiger partial charge in [-0.1, -0.05) is 43.7 Å². The van der Waals surface area contributed by atoms with E-state index in [1.54, 1.807) is 6.33 Å². The first kappa shape index (κ1) is 19.6. The van der Waals surface area contributed by atoms with Crippen LogP contribution in [0.2, 0.25) is 0 Å². The summed E-state index contributed by atoms with van der Waals surface area (Å²) in [5.74, 6) is 0.131. The van der Waals surface area contributed by atoms with Crippen LogP contribution >= 0.6 is 0 Å². The van der Waals surface area contributed by atoms with E-state index >= 15 is 0 Å². The number of nitrogens with one attached hydrogen (secondary N) is 1. The van der Waals surface area contributed by atoms with E-state index in [0.29, 0.717) is 11.4 Å². The van der Waals surface area contributed by atoms with Gasteiger partial charge in [0.1, 0.15) is 0 Å². The molecule has 0 bridgehead atoms. The molecule has 0 aliphatic heterocycles. The summed E-state index contributed by atoms with van der Waals surface area (Å²) in [7, 11) is -3.62. The van der Waals surface area contributed by atoms with Crippen LogP contribution in [-0.2, 0) is 16.6 Å². The van der Waals surface area contributed by atoms with Gasteiger partial charge in [-0.2, -0.15) is 0 Å². The minimum atomic E-state index is -3.62. The van der Waals surface area contributed by atoms with Crippen molar-refractivity contribution in [3.8, 4) is 0 Å². The summed E-state index contributed by atoms with van der Waals surface area (Å²) in [6, 6.07) is 11.5. The van der Waals surface area contributed by atoms with E-state index in [0.717, 1.165) is 27.7 Å². The zero-order valence-electron chi connectivity index (χ0n) is 16.5. The van der Waals surface area contributed by atoms with Crippen LogP contribution in [0.3, 0.4) is 0 Å². The molecule has 0 spiro atoms. The van der Waals surface area contributed by atoms with Crippen molar-refractivity contribution in [3.05, 3.63) is 59.4 Å². The molecule has 1 N–H and O–H groups in total. The van der Waals surface area contributed by atoms with E-state index in [4.69, 9.17) is 0 Å². The molecule has 27 heavy (non-hydrogen) atoms. The smallest absolute Gasteiger partial charge is 0.241 e. The van der Waals surface area contributed by atoms with Crippen LogP contribution in [0.5, 0.6) is 0 Å². The van der Waals surface area contributed by atoms with Gasteiger partial charge in [0.05, 0.1) is 22.3 Å². The highest BCUT2D eigenvalue weighted by atomic mass is 32.2. The Morgan fingerprint density at radius 2 is 1.70 bits per heavy atom. The number of rotatable bonds is 6. The third kappa shape index (κ3) is 4.06. The van der Waals surface area contributed by atoms with Crippen molar-refractivity contribution < 1.29 is 8.42 Å². The first-order valence-corrected chi connectivity index (χ1v) is 10.7. The average Bonchev–Trinajstić information content (AvgIpc) is 2.96. The highest BCUT2D eigenvalue weighted by molar-refractivity contribution is 7.89. The molecule has 1 atom stereocenters. The maximum absolute atomic E-state index is 13.2. The molecule has 1 aromatic heterocycles. The van der Waals surface area contributed by atoms with Crippen molar-refractivity contribution in [2.75, 3.05) is 0 Å². The number of imidazole rings is 1. The van der Waals surface area contributed by atoms with Crippen LogP contribution in [0.25, 0.3) is 11.0 Å². The van der Waals surface area contributed by atoms with Crippen molar-refractivity contribution in [1.29, 1.82) is 0 Å². The molecule has 5 nitrogen and oxygen atoms in total. The van der Waals surface area contributed by atoms with E-state index in [1.807, 2.05) is 75.6 Å². The van der Waals surface area contributed by atoms with Crippen LogP contribution in [0, 0.1) is 26.7 Å². The number of hydrogen-bond donors (Lipinski definition) is 1. The van der Waals surface area contributed by atoms with Gasteiger partial charge in [-0.25, -0.2) is 18.1 Å². The van der Waals surface area contributed by atoms with Crippen LogP contribution in [-0.4, -0.2) is 24.0 Å². The van der Waals surface area contributed by atoms with Crippen molar-refractivity contribution in [3.63, 3.8) is 0 Å². The summed E-state index contributed by atoms with van der Waals surface area (Å²) in [4.78, 5) is 4.79. The Bertz CT molecular complexity index is 1040. The molecule has 3 rings (SSSR count). The second-order valence-electron chi connectivity index (χ2n) is 7.59. The SMILES string of the molecule is Cc1cc(C)c(S(=O)(=O)NC(Cn2cnc3ccccc32)C(C)C)c(C)c1. The van der Waals surface area contributed by atoms with Gasteiger partial charge in [-0.15, -0.1) is 0 Å². The predicted molar refractivity (Wildman–Crippen MR) is 109 cm³/mol. The molecule has 2 aromatic carbocycles. The van der Waals surface area contributed by atoms with E-state index in [1.165, 1.54) is 0 Å². The van der Waals surface area contributed by atoms with Crippen LogP contribution < -0.4 is 4.72 Å². The Labute approximate surface area is 161 Å². The lowest BCUT2D eigenvalue weighted by Gasteiger charge is -2.24. The first-order chi connectivity index (χ1) is 12.7. The minimum absolute atomic E-state index is 0.131. The topological polar surface area (TPSA) is 64.0 Å². The lowest BCUT2D eigenvalue weighted by Crippen LogP contribution is -2.41. The maximum Gasteiger partial charge on any atom is 0.241 e. The number of aromatic nitrogens is 2. The zero-order chi connectivity index (χ0) is 19.8. The molecule has 0 saturated carbocycles. The standard InChI is InChI=1S/C21H27N3O2S/c1-14(2)19(12-24-13-22-18-8-6-7-9-20(18)24)23-27(25,26)21-16(4)10-15(3)11-17(21)5/h6-11,13-14,19,23H,12H2,1-5H3. The van der Waals surface area contributed by atoms with Crippen molar-refractivity contribution in [2.45, 2.75) is 52.1 Å². The van der Waals surface area contributed by atoms with Gasteiger partial charge < -0.3 is 4.57 Å². The van der Waals surface area contributed by atoms with Crippen LogP contribution in [0.1, 0.15) is 30.5 Å². The molecule has 0 radical (unpaired) electrons. The van der Waals surface area contributed by atoms with Gasteiger partial charge >= 0.3 is 0 Å². The molecular weight excluding hydrogens is 358 g/mol. The van der Waals surface area contributed by atoms with E-state index in [9.17, 15) is 8.42 Å². The van der Waals surface area contributed by atoms with Gasteiger partial charge in [-0.3, -0.25) is 0 Å². The maximum atomic E-state index is 13.2. The monoisotopic (exact) mass is 385 g/mol. The summed E-state index contributed by atoms with van der Waals surface area (Å²) in [6.07, 6.45) is 1.77. The lowest BCUT2D eigenvalue weighted by atomic mass is 10.1. The normalized spacial score (nSPS) is 13.4. The van der Waals surface area contributed by atoms with Crippen molar-refractivity contribution in [1.82, 2.24) is 14.3 Å². The summed E-state index contributed by atoms with van der Waals surface area (Å²) in [6.45, 7) is 10.3. The van der Waals surface area contributed by atoms with Gasteiger partial charge in [0.2, 0.25) is 10.0 Å². The Morgan fingerprint density at radius 3 is 2.33 bits per heavy atom. The number of sulfonamides is 1. The van der Waals surface area contributed by atoms with E-state index in [2.05, 4.69) is 9.71 Å². The molecule has 0 aliphatic rings. The minimum Gasteiger partial charge on any atom is -0.329 e. The zero-order valence-corrected chi connectivity index (χ0v) is 17.3. The van der Waals surface area contributed by atoms with Gasteiger partial charge in [-0.05, 0) is 49.9 Å². The van der Waals surface area contributed by atoms with Crippen molar-refractivity contribution >= 4 is 21.1 Å². The lowest BCUT2D eigenvalue weighted by molar-refractivity contribution is 0.402. The Balaban J connectivity index is 1.93. The predicted octanol–water partition coefficient (Wildman–Crippen LogP) is 3.96. The Morgan fingerprint density at radius 1 is 1.07 bits per heavy atom. The summed E-state index contributed by atoms with van der Waals surface area (Å²) in [5.41, 5.74) is 4.53. The largest absolute Gasteiger partial charge is 0.329 e. The molecular formula is C21H27N3O2S. The molecule has 0 saturated heterocycles. The molecule has 0 amide bonds. The highest BCUT2D eigenvalue weighted by Crippen LogP contribution is 2.23. The molecule has 6 heteroatoms. The number of para-hydroxylation sites is 2. The van der Waals surface area contributed by atoms with Crippen LogP contribution in [0.15, 0.2) is 47.6 Å². The molecule has 1 heterocycles. The second kappa shape index (κ2) is 7.44. The van der Waals surface area contributed by atoms with Crippen molar-refractivity contribution in [2.24, 2.45) is 5.92 Å². The molecule has 3 aromatic rings. The third-order valence-electron chi connectivity index (χ3n) is 4.91. The Hall–Kier alpha value is -2.18. The summed E-state index contributed by atoms with van der Waals surface area (Å²) < 4.78 is 31.3. The second-order valence-corrected chi connectivity index (χ2v) is 9.24. The number of hydrogen-bond acceptors (Lipinski definition) is 3. The number of benzene rings is 2. The van der Waals surface area contributed by atoms with Gasteiger partial charge in [0.15, 0.2) is 0 Å². The number of fused-ring (bicyclic) bond motifs is 1. The van der Waals surface area contributed by atoms with Crippen LogP contribution in [0.4, 0.5) is 0 Å². The molecule has 0 aliphatic carbocycles. The third-order valence-corrected chi connectivity index (χ3v) is 6.70. The molecule has 0 fully saturated rings.